The first-order valence-electron chi connectivity index (χ1n) is 4.00. The summed E-state index contributed by atoms with van der Waals surface area (Å²) in [6.07, 6.45) is 0.426. The number of hydrogen-bond acceptors (Lipinski definition) is 3. The van der Waals surface area contributed by atoms with Crippen molar-refractivity contribution in [2.45, 2.75) is 12.5 Å². The first-order valence-corrected chi connectivity index (χ1v) is 4.38. The molecule has 0 aliphatic heterocycles. The second-order valence-electron chi connectivity index (χ2n) is 2.82. The van der Waals surface area contributed by atoms with Crippen molar-refractivity contribution in [3.63, 3.8) is 0 Å². The van der Waals surface area contributed by atoms with E-state index in [2.05, 4.69) is 0 Å². The van der Waals surface area contributed by atoms with Gasteiger partial charge in [-0.05, 0) is 18.6 Å². The van der Waals surface area contributed by atoms with Gasteiger partial charge in [0.2, 0.25) is 0 Å². The maximum atomic E-state index is 9.44. The molecule has 0 radical (unpaired) electrons. The van der Waals surface area contributed by atoms with Crippen LogP contribution in [-0.2, 0) is 0 Å². The fraction of sp³-hybridized carbons (Fsp3) is 0.333. The molecule has 0 aliphatic rings. The minimum absolute atomic E-state index is 0.00321. The first-order chi connectivity index (χ1) is 6.15. The zero-order chi connectivity index (χ0) is 9.84. The first kappa shape index (κ1) is 10.3. The van der Waals surface area contributed by atoms with Crippen LogP contribution >= 0.6 is 11.6 Å². The topological polar surface area (TPSA) is 66.5 Å². The van der Waals surface area contributed by atoms with Gasteiger partial charge in [-0.25, -0.2) is 0 Å². The molecule has 13 heavy (non-hydrogen) atoms. The van der Waals surface area contributed by atoms with Crippen molar-refractivity contribution in [2.24, 2.45) is 5.73 Å². The summed E-state index contributed by atoms with van der Waals surface area (Å²) in [4.78, 5) is 0. The number of hydrogen-bond donors (Lipinski definition) is 3. The van der Waals surface area contributed by atoms with E-state index < -0.39 is 0 Å². The molecule has 0 aliphatic carbocycles. The highest BCUT2D eigenvalue weighted by atomic mass is 35.5. The third kappa shape index (κ3) is 2.59. The van der Waals surface area contributed by atoms with Crippen molar-refractivity contribution in [2.75, 3.05) is 6.61 Å². The van der Waals surface area contributed by atoms with Crippen molar-refractivity contribution in [3.8, 4) is 5.75 Å². The molecule has 0 amide bonds. The second kappa shape index (κ2) is 4.46. The minimum Gasteiger partial charge on any atom is -0.508 e. The number of benzene rings is 1. The fourth-order valence-corrected chi connectivity index (χ4v) is 1.29. The summed E-state index contributed by atoms with van der Waals surface area (Å²) in [7, 11) is 0. The van der Waals surface area contributed by atoms with Crippen LogP contribution in [0.25, 0.3) is 0 Å². The van der Waals surface area contributed by atoms with Gasteiger partial charge in [0, 0.05) is 23.2 Å². The molecule has 4 heteroatoms. The smallest absolute Gasteiger partial charge is 0.121 e. The van der Waals surface area contributed by atoms with E-state index in [0.717, 1.165) is 0 Å². The number of halogens is 1. The Labute approximate surface area is 81.8 Å². The van der Waals surface area contributed by atoms with Crippen molar-refractivity contribution >= 4 is 11.6 Å². The molecular weight excluding hydrogens is 190 g/mol. The second-order valence-corrected chi connectivity index (χ2v) is 3.26. The Morgan fingerprint density at radius 2 is 2.15 bits per heavy atom. The van der Waals surface area contributed by atoms with Crippen molar-refractivity contribution in [3.05, 3.63) is 28.8 Å². The zero-order valence-electron chi connectivity index (χ0n) is 7.07. The monoisotopic (exact) mass is 201 g/mol. The Hall–Kier alpha value is -0.770. The molecular formula is C9H12ClNO2. The highest BCUT2D eigenvalue weighted by Gasteiger charge is 2.09. The number of phenolic OH excluding ortho intramolecular Hbond substituents is 1. The van der Waals surface area contributed by atoms with Crippen molar-refractivity contribution in [1.82, 2.24) is 0 Å². The van der Waals surface area contributed by atoms with Crippen LogP contribution in [0.15, 0.2) is 18.2 Å². The summed E-state index contributed by atoms with van der Waals surface area (Å²) < 4.78 is 0. The molecule has 0 heterocycles. The molecule has 0 saturated carbocycles. The molecule has 3 nitrogen and oxygen atoms in total. The van der Waals surface area contributed by atoms with Crippen LogP contribution in [0, 0.1) is 0 Å². The number of aliphatic hydroxyl groups excluding tert-OH is 1. The van der Waals surface area contributed by atoms with Crippen molar-refractivity contribution < 1.29 is 10.2 Å². The predicted octanol–water partition coefficient (Wildman–Crippen LogP) is 1.43. The third-order valence-corrected chi connectivity index (χ3v) is 2.07. The van der Waals surface area contributed by atoms with E-state index >= 15 is 0 Å². The largest absolute Gasteiger partial charge is 0.508 e. The van der Waals surface area contributed by atoms with Gasteiger partial charge < -0.3 is 15.9 Å². The summed E-state index contributed by atoms with van der Waals surface area (Å²) in [5.41, 5.74) is 6.30. The lowest BCUT2D eigenvalue weighted by atomic mass is 10.0. The van der Waals surface area contributed by atoms with Gasteiger partial charge in [-0.2, -0.15) is 0 Å². The lowest BCUT2D eigenvalue weighted by Gasteiger charge is -2.11. The molecule has 1 aromatic rings. The predicted molar refractivity (Wildman–Crippen MR) is 51.7 cm³/mol. The molecule has 4 N–H and O–H groups in total. The lowest BCUT2D eigenvalue weighted by molar-refractivity contribution is 0.275. The molecule has 0 spiro atoms. The van der Waals surface area contributed by atoms with E-state index in [-0.39, 0.29) is 18.4 Å². The summed E-state index contributed by atoms with van der Waals surface area (Å²) in [5, 5.41) is 18.6. The highest BCUT2D eigenvalue weighted by Crippen LogP contribution is 2.27. The van der Waals surface area contributed by atoms with Crippen LogP contribution in [0.1, 0.15) is 18.0 Å². The summed E-state index contributed by atoms with van der Waals surface area (Å²) in [5.74, 6) is 0.0773. The number of aliphatic hydroxyl groups is 1. The Bertz CT molecular complexity index is 291. The third-order valence-electron chi connectivity index (χ3n) is 1.83. The van der Waals surface area contributed by atoms with E-state index in [9.17, 15) is 5.11 Å². The van der Waals surface area contributed by atoms with E-state index in [4.69, 9.17) is 22.4 Å². The molecule has 1 aromatic carbocycles. The average Bonchev–Trinajstić information content (AvgIpc) is 2.04. The van der Waals surface area contributed by atoms with Gasteiger partial charge in [0.25, 0.3) is 0 Å². The lowest BCUT2D eigenvalue weighted by Crippen LogP contribution is -2.11. The Morgan fingerprint density at radius 3 is 2.69 bits per heavy atom. The standard InChI is InChI=1S/C9H12ClNO2/c10-6-1-2-7(9(13)5-6)8(11)3-4-12/h1-2,5,8,12-13H,3-4,11H2/t8-/m1/s1. The minimum atomic E-state index is -0.345. The van der Waals surface area contributed by atoms with E-state index in [1.165, 1.54) is 6.07 Å². The number of nitrogens with two attached hydrogens (primary N) is 1. The molecule has 1 rings (SSSR count). The van der Waals surface area contributed by atoms with Crippen molar-refractivity contribution in [1.29, 1.82) is 0 Å². The molecule has 0 fully saturated rings. The molecule has 0 bridgehead atoms. The van der Waals surface area contributed by atoms with Crippen LogP contribution < -0.4 is 5.73 Å². The van der Waals surface area contributed by atoms with Crippen LogP contribution in [0.5, 0.6) is 5.75 Å². The van der Waals surface area contributed by atoms with E-state index in [1.807, 2.05) is 0 Å². The van der Waals surface area contributed by atoms with Crippen LogP contribution in [-0.4, -0.2) is 16.8 Å². The van der Waals surface area contributed by atoms with Crippen LogP contribution in [0.2, 0.25) is 5.02 Å². The molecule has 1 atom stereocenters. The normalized spacial score (nSPS) is 12.8. The summed E-state index contributed by atoms with van der Waals surface area (Å²) >= 11 is 5.65. The van der Waals surface area contributed by atoms with Crippen LogP contribution in [0.3, 0.4) is 0 Å². The Balaban J connectivity index is 2.88. The average molecular weight is 202 g/mol. The maximum absolute atomic E-state index is 9.44. The van der Waals surface area contributed by atoms with Gasteiger partial charge in [0.1, 0.15) is 5.75 Å². The van der Waals surface area contributed by atoms with Gasteiger partial charge in [-0.3, -0.25) is 0 Å². The number of phenols is 1. The zero-order valence-corrected chi connectivity index (χ0v) is 7.83. The quantitative estimate of drug-likeness (QED) is 0.693. The molecule has 72 valence electrons. The van der Waals surface area contributed by atoms with Gasteiger partial charge in [-0.15, -0.1) is 0 Å². The summed E-state index contributed by atoms with van der Waals surface area (Å²) in [6.45, 7) is 0.00321. The number of aromatic hydroxyl groups is 1. The molecule has 0 aromatic heterocycles. The highest BCUT2D eigenvalue weighted by molar-refractivity contribution is 6.30. The summed E-state index contributed by atoms with van der Waals surface area (Å²) in [6, 6.07) is 4.42. The molecule has 0 unspecified atom stereocenters. The SMILES string of the molecule is N[C@H](CCO)c1ccc(Cl)cc1O. The maximum Gasteiger partial charge on any atom is 0.121 e. The molecule has 0 saturated heterocycles. The number of rotatable bonds is 3. The van der Waals surface area contributed by atoms with Gasteiger partial charge in [-0.1, -0.05) is 17.7 Å². The van der Waals surface area contributed by atoms with Gasteiger partial charge in [0.15, 0.2) is 0 Å². The Kier molecular flexibility index (Phi) is 3.54. The van der Waals surface area contributed by atoms with Gasteiger partial charge in [0.05, 0.1) is 0 Å². The Morgan fingerprint density at radius 1 is 1.46 bits per heavy atom. The van der Waals surface area contributed by atoms with E-state index in [0.29, 0.717) is 17.0 Å². The van der Waals surface area contributed by atoms with E-state index in [1.54, 1.807) is 12.1 Å². The van der Waals surface area contributed by atoms with Crippen LogP contribution in [0.4, 0.5) is 0 Å². The van der Waals surface area contributed by atoms with Gasteiger partial charge >= 0.3 is 0 Å². The fourth-order valence-electron chi connectivity index (χ4n) is 1.12.